The first-order valence-electron chi connectivity index (χ1n) is 7.19. The van der Waals surface area contributed by atoms with Crippen LogP contribution >= 0.6 is 0 Å². The van der Waals surface area contributed by atoms with Crippen molar-refractivity contribution >= 4 is 17.6 Å². The molecule has 0 radical (unpaired) electrons. The van der Waals surface area contributed by atoms with E-state index in [0.717, 1.165) is 30.5 Å². The molecule has 4 nitrogen and oxygen atoms in total. The molecular weight excluding hydrogens is 254 g/mol. The second-order valence-electron chi connectivity index (χ2n) is 5.81. The van der Waals surface area contributed by atoms with E-state index >= 15 is 0 Å². The minimum Gasteiger partial charge on any atom is -0.481 e. The molecule has 20 heavy (non-hydrogen) atoms. The maximum atomic E-state index is 11.6. The Labute approximate surface area is 118 Å². The molecule has 1 aliphatic heterocycles. The number of carbonyl (C=O) groups is 2. The van der Waals surface area contributed by atoms with Crippen LogP contribution in [-0.4, -0.2) is 23.5 Å². The van der Waals surface area contributed by atoms with Crippen LogP contribution in [0.25, 0.3) is 0 Å². The molecule has 1 saturated carbocycles. The highest BCUT2D eigenvalue weighted by molar-refractivity contribution is 5.94. The first-order chi connectivity index (χ1) is 9.58. The van der Waals surface area contributed by atoms with E-state index in [2.05, 4.69) is 0 Å². The standard InChI is InChI=1S/C16H19NO3/c1-10(18)17-8-7-13-12(3-2-4-15(13)17)14(9-16(19)20)11-5-6-11/h2-4,11,14H,5-9H2,1H3,(H,19,20). The van der Waals surface area contributed by atoms with Gasteiger partial charge in [-0.25, -0.2) is 0 Å². The Bertz CT molecular complexity index is 563. The van der Waals surface area contributed by atoms with Gasteiger partial charge in [-0.05, 0) is 48.3 Å². The number of carboxylic acid groups (broad SMARTS) is 1. The zero-order chi connectivity index (χ0) is 14.3. The summed E-state index contributed by atoms with van der Waals surface area (Å²) in [5.74, 6) is -0.0682. The lowest BCUT2D eigenvalue weighted by molar-refractivity contribution is -0.137. The molecule has 1 aliphatic carbocycles. The van der Waals surface area contributed by atoms with Crippen molar-refractivity contribution in [2.24, 2.45) is 5.92 Å². The third-order valence-electron chi connectivity index (χ3n) is 4.43. The smallest absolute Gasteiger partial charge is 0.303 e. The summed E-state index contributed by atoms with van der Waals surface area (Å²) in [4.78, 5) is 24.6. The SMILES string of the molecule is CC(=O)N1CCc2c(C(CC(=O)O)C3CC3)cccc21. The van der Waals surface area contributed by atoms with Gasteiger partial charge in [0.15, 0.2) is 0 Å². The van der Waals surface area contributed by atoms with Gasteiger partial charge in [-0.2, -0.15) is 0 Å². The van der Waals surface area contributed by atoms with Crippen LogP contribution in [0.4, 0.5) is 5.69 Å². The van der Waals surface area contributed by atoms with Gasteiger partial charge in [0.25, 0.3) is 0 Å². The van der Waals surface area contributed by atoms with E-state index in [1.54, 1.807) is 11.8 Å². The number of anilines is 1. The largest absolute Gasteiger partial charge is 0.481 e. The van der Waals surface area contributed by atoms with Crippen LogP contribution in [0.1, 0.15) is 43.2 Å². The van der Waals surface area contributed by atoms with Crippen LogP contribution < -0.4 is 4.90 Å². The number of rotatable bonds is 4. The maximum absolute atomic E-state index is 11.6. The summed E-state index contributed by atoms with van der Waals surface area (Å²) in [5, 5.41) is 9.15. The van der Waals surface area contributed by atoms with Crippen LogP contribution in [0, 0.1) is 5.92 Å². The molecule has 0 aromatic heterocycles. The first kappa shape index (κ1) is 13.2. The molecule has 1 fully saturated rings. The lowest BCUT2D eigenvalue weighted by atomic mass is 9.87. The summed E-state index contributed by atoms with van der Waals surface area (Å²) in [7, 11) is 0. The van der Waals surface area contributed by atoms with Gasteiger partial charge in [-0.1, -0.05) is 12.1 Å². The van der Waals surface area contributed by atoms with Crippen molar-refractivity contribution in [2.45, 2.75) is 38.5 Å². The molecule has 1 aromatic rings. The minimum absolute atomic E-state index is 0.0575. The zero-order valence-electron chi connectivity index (χ0n) is 11.6. The summed E-state index contributed by atoms with van der Waals surface area (Å²) in [6.07, 6.45) is 3.28. The fraction of sp³-hybridized carbons (Fsp3) is 0.500. The second kappa shape index (κ2) is 4.93. The molecule has 1 N–H and O–H groups in total. The molecule has 2 aliphatic rings. The first-order valence-corrected chi connectivity index (χ1v) is 7.19. The third-order valence-corrected chi connectivity index (χ3v) is 4.43. The van der Waals surface area contributed by atoms with Gasteiger partial charge < -0.3 is 10.0 Å². The minimum atomic E-state index is -0.735. The van der Waals surface area contributed by atoms with Gasteiger partial charge in [-0.15, -0.1) is 0 Å². The second-order valence-corrected chi connectivity index (χ2v) is 5.81. The number of carboxylic acids is 1. The summed E-state index contributed by atoms with van der Waals surface area (Å²) < 4.78 is 0. The molecule has 1 unspecified atom stereocenters. The Morgan fingerprint density at radius 2 is 2.15 bits per heavy atom. The van der Waals surface area contributed by atoms with Crippen molar-refractivity contribution in [2.75, 3.05) is 11.4 Å². The normalized spacial score (nSPS) is 18.8. The van der Waals surface area contributed by atoms with E-state index in [0.29, 0.717) is 12.5 Å². The molecule has 4 heteroatoms. The lowest BCUT2D eigenvalue weighted by Gasteiger charge is -2.20. The van der Waals surface area contributed by atoms with Gasteiger partial charge in [0.1, 0.15) is 0 Å². The van der Waals surface area contributed by atoms with Crippen molar-refractivity contribution in [1.82, 2.24) is 0 Å². The topological polar surface area (TPSA) is 57.6 Å². The summed E-state index contributed by atoms with van der Waals surface area (Å²) in [5.41, 5.74) is 3.31. The van der Waals surface area contributed by atoms with E-state index in [9.17, 15) is 9.59 Å². The van der Waals surface area contributed by atoms with E-state index in [1.807, 2.05) is 18.2 Å². The van der Waals surface area contributed by atoms with Crippen LogP contribution in [0.3, 0.4) is 0 Å². The number of hydrogen-bond donors (Lipinski definition) is 1. The Morgan fingerprint density at radius 3 is 2.75 bits per heavy atom. The number of fused-ring (bicyclic) bond motifs is 1. The van der Waals surface area contributed by atoms with E-state index in [1.165, 1.54) is 5.56 Å². The molecule has 1 heterocycles. The predicted molar refractivity (Wildman–Crippen MR) is 75.9 cm³/mol. The fourth-order valence-corrected chi connectivity index (χ4v) is 3.35. The van der Waals surface area contributed by atoms with Crippen molar-refractivity contribution in [3.63, 3.8) is 0 Å². The quantitative estimate of drug-likeness (QED) is 0.917. The average molecular weight is 273 g/mol. The van der Waals surface area contributed by atoms with E-state index in [-0.39, 0.29) is 18.2 Å². The van der Waals surface area contributed by atoms with E-state index in [4.69, 9.17) is 5.11 Å². The Hall–Kier alpha value is -1.84. The maximum Gasteiger partial charge on any atom is 0.303 e. The number of nitrogens with zero attached hydrogens (tertiary/aromatic N) is 1. The van der Waals surface area contributed by atoms with Crippen LogP contribution in [-0.2, 0) is 16.0 Å². The van der Waals surface area contributed by atoms with Crippen LogP contribution in [0.5, 0.6) is 0 Å². The van der Waals surface area contributed by atoms with Gasteiger partial charge in [0.05, 0.1) is 6.42 Å². The Kier molecular flexibility index (Phi) is 3.24. The number of amides is 1. The van der Waals surface area contributed by atoms with Crippen molar-refractivity contribution in [3.8, 4) is 0 Å². The molecule has 1 atom stereocenters. The summed E-state index contributed by atoms with van der Waals surface area (Å²) >= 11 is 0. The number of hydrogen-bond acceptors (Lipinski definition) is 2. The van der Waals surface area contributed by atoms with Gasteiger partial charge in [-0.3, -0.25) is 9.59 Å². The highest BCUT2D eigenvalue weighted by atomic mass is 16.4. The molecule has 1 amide bonds. The van der Waals surface area contributed by atoms with Crippen molar-refractivity contribution in [3.05, 3.63) is 29.3 Å². The average Bonchev–Trinajstić information content (AvgIpc) is 3.13. The molecule has 1 aromatic carbocycles. The predicted octanol–water partition coefficient (Wildman–Crippen LogP) is 2.56. The number of aliphatic carboxylic acids is 1. The Balaban J connectivity index is 1.98. The molecule has 0 saturated heterocycles. The molecule has 3 rings (SSSR count). The number of benzene rings is 1. The van der Waals surface area contributed by atoms with Gasteiger partial charge in [0.2, 0.25) is 5.91 Å². The van der Waals surface area contributed by atoms with Gasteiger partial charge in [0, 0.05) is 19.2 Å². The molecule has 0 spiro atoms. The summed E-state index contributed by atoms with van der Waals surface area (Å²) in [6, 6.07) is 5.97. The number of carbonyl (C=O) groups excluding carboxylic acids is 1. The molecule has 106 valence electrons. The highest BCUT2D eigenvalue weighted by Gasteiger charge is 2.36. The van der Waals surface area contributed by atoms with Crippen LogP contribution in [0.2, 0.25) is 0 Å². The monoisotopic (exact) mass is 273 g/mol. The van der Waals surface area contributed by atoms with Crippen LogP contribution in [0.15, 0.2) is 18.2 Å². The van der Waals surface area contributed by atoms with Crippen molar-refractivity contribution in [1.29, 1.82) is 0 Å². The molecule has 0 bridgehead atoms. The zero-order valence-corrected chi connectivity index (χ0v) is 11.6. The van der Waals surface area contributed by atoms with Crippen molar-refractivity contribution < 1.29 is 14.7 Å². The summed E-state index contributed by atoms with van der Waals surface area (Å²) in [6.45, 7) is 2.30. The van der Waals surface area contributed by atoms with Gasteiger partial charge >= 0.3 is 5.97 Å². The van der Waals surface area contributed by atoms with E-state index < -0.39 is 5.97 Å². The third kappa shape index (κ3) is 2.30. The highest BCUT2D eigenvalue weighted by Crippen LogP contribution is 2.47. The fourth-order valence-electron chi connectivity index (χ4n) is 3.35. The molecular formula is C16H19NO3. The Morgan fingerprint density at radius 1 is 1.40 bits per heavy atom. The lowest BCUT2D eigenvalue weighted by Crippen LogP contribution is -2.25.